The lowest BCUT2D eigenvalue weighted by Crippen LogP contribution is -2.55. The fourth-order valence-electron chi connectivity index (χ4n) is 3.88. The minimum Gasteiger partial charge on any atom is -0.466 e. The van der Waals surface area contributed by atoms with Crippen LogP contribution in [0.4, 0.5) is 0 Å². The Balaban J connectivity index is 1.78. The third-order valence-electron chi connectivity index (χ3n) is 5.18. The number of allylic oxidation sites excluding steroid dienone is 3. The third kappa shape index (κ3) is 2.72. The average molecular weight is 335 g/mol. The molecule has 0 spiro atoms. The minimum absolute atomic E-state index is 0.533. The number of fused-ring (bicyclic) bond motifs is 1. The van der Waals surface area contributed by atoms with Crippen LogP contribution in [0.15, 0.2) is 72.6 Å². The number of nitrogens with zero attached hydrogens (tertiary/aromatic N) is 1. The maximum Gasteiger partial charge on any atom is 0.170 e. The summed E-state index contributed by atoms with van der Waals surface area (Å²) in [5.41, 5.74) is 2.74. The van der Waals surface area contributed by atoms with E-state index in [0.29, 0.717) is 12.3 Å². The molecule has 0 amide bonds. The van der Waals surface area contributed by atoms with Gasteiger partial charge in [-0.3, -0.25) is 4.90 Å². The zero-order valence-corrected chi connectivity index (χ0v) is 14.1. The molecule has 1 aliphatic carbocycles. The average Bonchev–Trinajstić information content (AvgIpc) is 2.71. The summed E-state index contributed by atoms with van der Waals surface area (Å²) in [7, 11) is 0. The normalized spacial score (nSPS) is 21.9. The van der Waals surface area contributed by atoms with Crippen LogP contribution in [-0.4, -0.2) is 23.3 Å². The highest BCUT2D eigenvalue weighted by Gasteiger charge is 2.47. The van der Waals surface area contributed by atoms with Crippen LogP contribution in [-0.2, 0) is 27.2 Å². The molecular weight excluding hydrogens is 314 g/mol. The Kier molecular flexibility index (Phi) is 4.28. The topological polar surface area (TPSA) is 38.8 Å². The fraction of sp³-hybridized carbons (Fsp3) is 0.286. The van der Waals surface area contributed by atoms with Crippen molar-refractivity contribution in [3.63, 3.8) is 0 Å². The van der Waals surface area contributed by atoms with E-state index in [1.807, 2.05) is 12.2 Å². The van der Waals surface area contributed by atoms with E-state index in [2.05, 4.69) is 35.2 Å². The largest absolute Gasteiger partial charge is 0.466 e. The zero-order valence-electron chi connectivity index (χ0n) is 14.1. The van der Waals surface area contributed by atoms with Crippen molar-refractivity contribution in [3.05, 3.63) is 83.7 Å². The maximum atomic E-state index is 12.5. The summed E-state index contributed by atoms with van der Waals surface area (Å²) in [6.07, 6.45) is 14.4. The van der Waals surface area contributed by atoms with Crippen LogP contribution in [0.25, 0.3) is 0 Å². The van der Waals surface area contributed by atoms with Gasteiger partial charge in [-0.15, -0.1) is 0 Å². The second-order valence-electron chi connectivity index (χ2n) is 6.49. The van der Waals surface area contributed by atoms with Crippen molar-refractivity contribution in [1.82, 2.24) is 4.90 Å². The molecule has 0 saturated heterocycles. The first-order valence-corrected chi connectivity index (χ1v) is 8.67. The Labute approximate surface area is 147 Å². The number of ether oxygens (including phenoxy) is 2. The van der Waals surface area contributed by atoms with Crippen molar-refractivity contribution in [3.8, 4) is 0 Å². The Bertz CT molecular complexity index is 790. The van der Waals surface area contributed by atoms with Gasteiger partial charge < -0.3 is 14.3 Å². The van der Waals surface area contributed by atoms with Crippen molar-refractivity contribution in [1.29, 1.82) is 0 Å². The summed E-state index contributed by atoms with van der Waals surface area (Å²) in [5.74, 6) is 0.533. The van der Waals surface area contributed by atoms with Gasteiger partial charge in [0.25, 0.3) is 0 Å². The van der Waals surface area contributed by atoms with Gasteiger partial charge in [0.15, 0.2) is 17.6 Å². The molecule has 3 aliphatic rings. The molecule has 0 aromatic heterocycles. The quantitative estimate of drug-likeness (QED) is 0.788. The highest BCUT2D eigenvalue weighted by Crippen LogP contribution is 2.39. The van der Waals surface area contributed by atoms with E-state index in [9.17, 15) is 4.79 Å². The van der Waals surface area contributed by atoms with Crippen LogP contribution >= 0.6 is 0 Å². The summed E-state index contributed by atoms with van der Waals surface area (Å²) in [6.45, 7) is 1.50. The van der Waals surface area contributed by atoms with E-state index in [1.54, 1.807) is 6.26 Å². The Morgan fingerprint density at radius 3 is 2.72 bits per heavy atom. The molecule has 0 fully saturated rings. The van der Waals surface area contributed by atoms with Crippen molar-refractivity contribution < 1.29 is 14.3 Å². The number of carbonyl (C=O) groups is 1. The number of rotatable bonds is 4. The molecule has 1 atom stereocenters. The fourth-order valence-corrected chi connectivity index (χ4v) is 3.88. The van der Waals surface area contributed by atoms with Crippen molar-refractivity contribution in [2.45, 2.75) is 31.3 Å². The number of hydrogen-bond acceptors (Lipinski definition) is 4. The van der Waals surface area contributed by atoms with Crippen LogP contribution in [0.1, 0.15) is 24.0 Å². The van der Waals surface area contributed by atoms with Gasteiger partial charge in [0.1, 0.15) is 18.8 Å². The second-order valence-corrected chi connectivity index (χ2v) is 6.49. The zero-order chi connectivity index (χ0) is 17.1. The molecule has 25 heavy (non-hydrogen) atoms. The summed E-state index contributed by atoms with van der Waals surface area (Å²) in [5, 5.41) is 0. The Hall–Kier alpha value is -2.59. The van der Waals surface area contributed by atoms with Crippen LogP contribution in [0, 0.1) is 0 Å². The Morgan fingerprint density at radius 2 is 2.00 bits per heavy atom. The maximum absolute atomic E-state index is 12.5. The molecule has 4 nitrogen and oxygen atoms in total. The first kappa shape index (κ1) is 15.9. The van der Waals surface area contributed by atoms with Gasteiger partial charge in [0.05, 0.1) is 0 Å². The van der Waals surface area contributed by atoms with Gasteiger partial charge >= 0.3 is 0 Å². The first-order valence-electron chi connectivity index (χ1n) is 8.67. The molecule has 1 unspecified atom stereocenters. The van der Waals surface area contributed by atoms with Crippen molar-refractivity contribution in [2.24, 2.45) is 0 Å². The van der Waals surface area contributed by atoms with E-state index in [-0.39, 0.29) is 0 Å². The molecule has 0 radical (unpaired) electrons. The third-order valence-corrected chi connectivity index (χ3v) is 5.18. The summed E-state index contributed by atoms with van der Waals surface area (Å²) >= 11 is 0. The monoisotopic (exact) mass is 335 g/mol. The molecular formula is C21H21NO3. The molecule has 0 N–H and O–H groups in total. The summed E-state index contributed by atoms with van der Waals surface area (Å²) in [6, 6.07) is 8.43. The highest BCUT2D eigenvalue weighted by molar-refractivity contribution is 5.76. The molecule has 0 bridgehead atoms. The molecule has 2 heterocycles. The first-order chi connectivity index (χ1) is 12.3. The van der Waals surface area contributed by atoms with Gasteiger partial charge in [0.2, 0.25) is 0 Å². The molecule has 128 valence electrons. The molecule has 0 saturated carbocycles. The highest BCUT2D eigenvalue weighted by atomic mass is 16.5. The molecule has 2 aliphatic heterocycles. The second kappa shape index (κ2) is 6.73. The van der Waals surface area contributed by atoms with Crippen molar-refractivity contribution in [2.75, 3.05) is 6.54 Å². The molecule has 4 rings (SSSR count). The number of hydrogen-bond donors (Lipinski definition) is 0. The molecule has 1 aromatic rings. The van der Waals surface area contributed by atoms with Gasteiger partial charge in [-0.05, 0) is 36.0 Å². The lowest BCUT2D eigenvalue weighted by Gasteiger charge is -2.44. The molecule has 1 aromatic carbocycles. The number of carbonyl (C=O) groups excluding carboxylic acids is 1. The van der Waals surface area contributed by atoms with Gasteiger partial charge in [0, 0.05) is 13.1 Å². The molecule has 4 heteroatoms. The lowest BCUT2D eigenvalue weighted by molar-refractivity contribution is -0.117. The van der Waals surface area contributed by atoms with E-state index < -0.39 is 5.54 Å². The van der Waals surface area contributed by atoms with E-state index in [1.165, 1.54) is 23.7 Å². The van der Waals surface area contributed by atoms with Gasteiger partial charge in [-0.1, -0.05) is 42.5 Å². The van der Waals surface area contributed by atoms with Crippen LogP contribution < -0.4 is 0 Å². The van der Waals surface area contributed by atoms with Crippen LogP contribution in [0.5, 0.6) is 0 Å². The predicted molar refractivity (Wildman–Crippen MR) is 95.2 cm³/mol. The van der Waals surface area contributed by atoms with Crippen LogP contribution in [0.3, 0.4) is 0 Å². The van der Waals surface area contributed by atoms with E-state index in [0.717, 1.165) is 37.7 Å². The SMILES string of the molecule is O=CC(C1=CC=CCC1)(C1=COC=CO1)N1CCc2ccccc2C1. The standard InChI is InChI=1S/C21H21NO3/c23-16-21(19-8-2-1-3-9-19,20-15-24-12-13-25-20)22-11-10-17-6-4-5-7-18(17)14-22/h1-2,4-8,12-13,15-16H,3,9-11,14H2. The summed E-state index contributed by atoms with van der Waals surface area (Å²) < 4.78 is 11.1. The lowest BCUT2D eigenvalue weighted by atomic mass is 9.80. The van der Waals surface area contributed by atoms with Gasteiger partial charge in [-0.2, -0.15) is 0 Å². The van der Waals surface area contributed by atoms with Crippen molar-refractivity contribution >= 4 is 6.29 Å². The van der Waals surface area contributed by atoms with E-state index >= 15 is 0 Å². The van der Waals surface area contributed by atoms with Crippen LogP contribution in [0.2, 0.25) is 0 Å². The minimum atomic E-state index is -0.928. The van der Waals surface area contributed by atoms with Gasteiger partial charge in [-0.25, -0.2) is 0 Å². The number of benzene rings is 1. The van der Waals surface area contributed by atoms with E-state index in [4.69, 9.17) is 9.47 Å². The number of aldehydes is 1. The Morgan fingerprint density at radius 1 is 1.12 bits per heavy atom. The smallest absolute Gasteiger partial charge is 0.170 e. The summed E-state index contributed by atoms with van der Waals surface area (Å²) in [4.78, 5) is 14.7. The predicted octanol–water partition coefficient (Wildman–Crippen LogP) is 3.62.